The van der Waals surface area contributed by atoms with Crippen LogP contribution in [0.2, 0.25) is 0 Å². The van der Waals surface area contributed by atoms with Crippen molar-refractivity contribution >= 4 is 5.69 Å². The van der Waals surface area contributed by atoms with Gasteiger partial charge in [0.2, 0.25) is 0 Å². The molecular formula is C17H23N. The minimum absolute atomic E-state index is 0.415. The summed E-state index contributed by atoms with van der Waals surface area (Å²) in [7, 11) is 0. The van der Waals surface area contributed by atoms with Gasteiger partial charge in [-0.3, -0.25) is 0 Å². The summed E-state index contributed by atoms with van der Waals surface area (Å²) in [6.07, 6.45) is 5.61. The molecule has 0 heterocycles. The molecule has 0 aliphatic heterocycles. The zero-order chi connectivity index (χ0) is 13.2. The van der Waals surface area contributed by atoms with Crippen LogP contribution >= 0.6 is 0 Å². The third-order valence-corrected chi connectivity index (χ3v) is 3.68. The van der Waals surface area contributed by atoms with Crippen LogP contribution in [0.5, 0.6) is 0 Å². The summed E-state index contributed by atoms with van der Waals surface area (Å²) in [5.41, 5.74) is 5.50. The third-order valence-electron chi connectivity index (χ3n) is 3.68. The van der Waals surface area contributed by atoms with Gasteiger partial charge in [0.15, 0.2) is 0 Å². The molecule has 0 spiro atoms. The van der Waals surface area contributed by atoms with Gasteiger partial charge in [-0.15, -0.1) is 0 Å². The van der Waals surface area contributed by atoms with Crippen molar-refractivity contribution in [3.63, 3.8) is 0 Å². The number of benzene rings is 1. The second-order valence-corrected chi connectivity index (χ2v) is 6.12. The van der Waals surface area contributed by atoms with Crippen molar-refractivity contribution < 1.29 is 0 Å². The first kappa shape index (κ1) is 12.9. The fourth-order valence-corrected chi connectivity index (χ4v) is 2.42. The van der Waals surface area contributed by atoms with Gasteiger partial charge >= 0.3 is 0 Å². The van der Waals surface area contributed by atoms with Gasteiger partial charge in [0, 0.05) is 11.9 Å². The lowest BCUT2D eigenvalue weighted by Crippen LogP contribution is -2.18. The quantitative estimate of drug-likeness (QED) is 0.763. The summed E-state index contributed by atoms with van der Waals surface area (Å²) in [6.45, 7) is 11.0. The molecule has 2 rings (SSSR count). The van der Waals surface area contributed by atoms with Crippen molar-refractivity contribution in [2.75, 3.05) is 5.32 Å². The average molecular weight is 241 g/mol. The van der Waals surface area contributed by atoms with E-state index in [1.807, 2.05) is 0 Å². The van der Waals surface area contributed by atoms with E-state index in [1.165, 1.54) is 23.1 Å². The van der Waals surface area contributed by atoms with Crippen LogP contribution in [0.15, 0.2) is 48.2 Å². The Balaban J connectivity index is 2.02. The second-order valence-electron chi connectivity index (χ2n) is 6.12. The fourth-order valence-electron chi connectivity index (χ4n) is 2.42. The standard InChI is InChI=1S/C17H23N/c1-13-5-7-16(8-6-13)18-12-15-9-10-17(3,4)11-14(15)2/h5-8,12,18H,2,9-11H2,1,3-4H3/b15-12-. The van der Waals surface area contributed by atoms with Gasteiger partial charge in [-0.2, -0.15) is 0 Å². The summed E-state index contributed by atoms with van der Waals surface area (Å²) >= 11 is 0. The molecule has 1 saturated carbocycles. The highest BCUT2D eigenvalue weighted by atomic mass is 14.8. The van der Waals surface area contributed by atoms with Crippen LogP contribution in [0.1, 0.15) is 38.7 Å². The lowest BCUT2D eigenvalue weighted by Gasteiger charge is -2.32. The highest BCUT2D eigenvalue weighted by molar-refractivity contribution is 5.48. The van der Waals surface area contributed by atoms with Gasteiger partial charge in [-0.1, -0.05) is 43.7 Å². The minimum Gasteiger partial charge on any atom is -0.361 e. The molecule has 96 valence electrons. The highest BCUT2D eigenvalue weighted by Gasteiger charge is 2.25. The molecule has 0 atom stereocenters. The van der Waals surface area contributed by atoms with E-state index < -0.39 is 0 Å². The fraction of sp³-hybridized carbons (Fsp3) is 0.412. The molecule has 1 aromatic rings. The molecule has 1 heteroatoms. The first-order chi connectivity index (χ1) is 8.46. The van der Waals surface area contributed by atoms with Crippen LogP contribution < -0.4 is 5.32 Å². The topological polar surface area (TPSA) is 12.0 Å². The Morgan fingerprint density at radius 1 is 1.22 bits per heavy atom. The van der Waals surface area contributed by atoms with Crippen LogP contribution in [0.4, 0.5) is 5.69 Å². The molecule has 0 saturated heterocycles. The van der Waals surface area contributed by atoms with Gasteiger partial charge in [-0.05, 0) is 49.3 Å². The summed E-state index contributed by atoms with van der Waals surface area (Å²) < 4.78 is 0. The first-order valence-electron chi connectivity index (χ1n) is 6.67. The maximum Gasteiger partial charge on any atom is 0.0380 e. The van der Waals surface area contributed by atoms with E-state index in [9.17, 15) is 0 Å². The Morgan fingerprint density at radius 3 is 2.50 bits per heavy atom. The monoisotopic (exact) mass is 241 g/mol. The number of rotatable bonds is 2. The Kier molecular flexibility index (Phi) is 3.60. The van der Waals surface area contributed by atoms with Crippen molar-refractivity contribution in [3.8, 4) is 0 Å². The van der Waals surface area contributed by atoms with Crippen molar-refractivity contribution in [3.05, 3.63) is 53.8 Å². The molecule has 1 aliphatic carbocycles. The molecular weight excluding hydrogens is 218 g/mol. The van der Waals surface area contributed by atoms with E-state index in [0.29, 0.717) is 5.41 Å². The van der Waals surface area contributed by atoms with Crippen molar-refractivity contribution in [2.24, 2.45) is 5.41 Å². The average Bonchev–Trinajstić information content (AvgIpc) is 2.29. The van der Waals surface area contributed by atoms with Crippen LogP contribution in [-0.2, 0) is 0 Å². The molecule has 0 unspecified atom stereocenters. The van der Waals surface area contributed by atoms with Gasteiger partial charge in [-0.25, -0.2) is 0 Å². The summed E-state index contributed by atoms with van der Waals surface area (Å²) in [6, 6.07) is 8.48. The number of hydrogen-bond acceptors (Lipinski definition) is 1. The minimum atomic E-state index is 0.415. The number of anilines is 1. The molecule has 0 radical (unpaired) electrons. The van der Waals surface area contributed by atoms with Gasteiger partial charge in [0.05, 0.1) is 0 Å². The van der Waals surface area contributed by atoms with Gasteiger partial charge < -0.3 is 5.32 Å². The second kappa shape index (κ2) is 5.01. The molecule has 1 fully saturated rings. The van der Waals surface area contributed by atoms with E-state index in [2.05, 4.69) is 63.1 Å². The van der Waals surface area contributed by atoms with Crippen LogP contribution in [-0.4, -0.2) is 0 Å². The van der Waals surface area contributed by atoms with Gasteiger partial charge in [0.25, 0.3) is 0 Å². The zero-order valence-corrected chi connectivity index (χ0v) is 11.7. The van der Waals surface area contributed by atoms with Crippen molar-refractivity contribution in [1.29, 1.82) is 0 Å². The van der Waals surface area contributed by atoms with E-state index in [0.717, 1.165) is 18.5 Å². The van der Waals surface area contributed by atoms with E-state index in [1.54, 1.807) is 0 Å². The van der Waals surface area contributed by atoms with Crippen LogP contribution in [0.25, 0.3) is 0 Å². The number of nitrogens with one attached hydrogen (secondary N) is 1. The van der Waals surface area contributed by atoms with E-state index >= 15 is 0 Å². The Labute approximate surface area is 111 Å². The molecule has 0 aromatic heterocycles. The molecule has 0 amide bonds. The number of allylic oxidation sites excluding steroid dienone is 2. The maximum atomic E-state index is 4.21. The SMILES string of the molecule is C=C1CC(C)(C)CC/C1=C/Nc1ccc(C)cc1. The highest BCUT2D eigenvalue weighted by Crippen LogP contribution is 2.40. The summed E-state index contributed by atoms with van der Waals surface area (Å²) in [5.74, 6) is 0. The molecule has 1 aromatic carbocycles. The molecule has 18 heavy (non-hydrogen) atoms. The largest absolute Gasteiger partial charge is 0.361 e. The summed E-state index contributed by atoms with van der Waals surface area (Å²) in [4.78, 5) is 0. The molecule has 0 bridgehead atoms. The number of hydrogen-bond donors (Lipinski definition) is 1. The predicted octanol–water partition coefficient (Wildman–Crippen LogP) is 5.06. The summed E-state index contributed by atoms with van der Waals surface area (Å²) in [5, 5.41) is 3.38. The van der Waals surface area contributed by atoms with Crippen molar-refractivity contribution in [1.82, 2.24) is 0 Å². The third kappa shape index (κ3) is 3.25. The first-order valence-corrected chi connectivity index (χ1v) is 6.67. The predicted molar refractivity (Wildman–Crippen MR) is 79.7 cm³/mol. The van der Waals surface area contributed by atoms with Crippen LogP contribution in [0.3, 0.4) is 0 Å². The van der Waals surface area contributed by atoms with Gasteiger partial charge in [0.1, 0.15) is 0 Å². The lowest BCUT2D eigenvalue weighted by molar-refractivity contribution is 0.314. The van der Waals surface area contributed by atoms with E-state index in [4.69, 9.17) is 0 Å². The number of aryl methyl sites for hydroxylation is 1. The molecule has 1 nitrogen and oxygen atoms in total. The Hall–Kier alpha value is -1.50. The molecule has 1 N–H and O–H groups in total. The molecule has 1 aliphatic rings. The zero-order valence-electron chi connectivity index (χ0n) is 11.7. The van der Waals surface area contributed by atoms with Crippen molar-refractivity contribution in [2.45, 2.75) is 40.0 Å². The Morgan fingerprint density at radius 2 is 1.89 bits per heavy atom. The Bertz CT molecular complexity index is 463. The van der Waals surface area contributed by atoms with E-state index in [-0.39, 0.29) is 0 Å². The lowest BCUT2D eigenvalue weighted by atomic mass is 9.73. The maximum absolute atomic E-state index is 4.21. The normalized spacial score (nSPS) is 21.1. The smallest absolute Gasteiger partial charge is 0.0380 e. The van der Waals surface area contributed by atoms with Crippen LogP contribution in [0, 0.1) is 12.3 Å².